The highest BCUT2D eigenvalue weighted by atomic mass is 19.1. The summed E-state index contributed by atoms with van der Waals surface area (Å²) < 4.78 is 21.1. The maximum Gasteiger partial charge on any atom is 0.254 e. The van der Waals surface area contributed by atoms with Crippen molar-refractivity contribution >= 4 is 23.1 Å². The molecular weight excluding hydrogens is 487 g/mol. The molecule has 1 aromatic carbocycles. The van der Waals surface area contributed by atoms with Gasteiger partial charge in [0.25, 0.3) is 5.91 Å². The van der Waals surface area contributed by atoms with E-state index in [9.17, 15) is 14.3 Å². The first kappa shape index (κ1) is 23.3. The first-order chi connectivity index (χ1) is 18.5. The van der Waals surface area contributed by atoms with Crippen LogP contribution in [0.15, 0.2) is 48.8 Å². The zero-order valence-corrected chi connectivity index (χ0v) is 20.7. The Morgan fingerprint density at radius 2 is 2.11 bits per heavy atom. The first-order valence-corrected chi connectivity index (χ1v) is 12.9. The third kappa shape index (κ3) is 4.01. The largest absolute Gasteiger partial charge is 0.390 e. The molecule has 194 valence electrons. The highest BCUT2D eigenvalue weighted by molar-refractivity contribution is 6.06. The van der Waals surface area contributed by atoms with Crippen LogP contribution in [0.5, 0.6) is 0 Å². The number of rotatable bonds is 6. The summed E-state index contributed by atoms with van der Waals surface area (Å²) in [7, 11) is 0. The van der Waals surface area contributed by atoms with E-state index in [1.54, 1.807) is 12.4 Å². The maximum atomic E-state index is 13.7. The summed E-state index contributed by atoms with van der Waals surface area (Å²) in [5, 5.41) is 16.1. The van der Waals surface area contributed by atoms with E-state index in [-0.39, 0.29) is 17.8 Å². The number of carbonyl (C=O) groups excluding carboxylic acids is 1. The van der Waals surface area contributed by atoms with Gasteiger partial charge >= 0.3 is 0 Å². The number of nitrogens with zero attached hydrogens (tertiary/aromatic N) is 4. The first-order valence-electron chi connectivity index (χ1n) is 12.9. The number of aromatic nitrogens is 3. The smallest absolute Gasteiger partial charge is 0.254 e. The molecule has 1 amide bonds. The quantitative estimate of drug-likeness (QED) is 0.363. The fourth-order valence-electron chi connectivity index (χ4n) is 5.73. The fourth-order valence-corrected chi connectivity index (χ4v) is 5.73. The lowest BCUT2D eigenvalue weighted by atomic mass is 9.96. The predicted molar refractivity (Wildman–Crippen MR) is 139 cm³/mol. The predicted octanol–water partition coefficient (Wildman–Crippen LogP) is 3.20. The molecule has 1 atom stereocenters. The molecule has 3 aromatic heterocycles. The Bertz CT molecular complexity index is 1560. The molecule has 4 aromatic rings. The monoisotopic (exact) mass is 514 g/mol. The molecule has 0 aliphatic carbocycles. The Morgan fingerprint density at radius 3 is 2.92 bits per heavy atom. The number of aliphatic hydroxyl groups excluding tert-OH is 1. The van der Waals surface area contributed by atoms with Crippen molar-refractivity contribution in [2.24, 2.45) is 0 Å². The van der Waals surface area contributed by atoms with E-state index in [4.69, 9.17) is 9.72 Å². The number of carbonyl (C=O) groups is 1. The second kappa shape index (κ2) is 9.16. The van der Waals surface area contributed by atoms with Gasteiger partial charge in [-0.25, -0.2) is 14.4 Å². The molecule has 0 unspecified atom stereocenters. The molecule has 9 nitrogen and oxygen atoms in total. The minimum Gasteiger partial charge on any atom is -0.390 e. The van der Waals surface area contributed by atoms with Crippen molar-refractivity contribution in [1.29, 1.82) is 0 Å². The topological polar surface area (TPSA) is 104 Å². The number of fused-ring (bicyclic) bond motifs is 2. The lowest BCUT2D eigenvalue weighted by Crippen LogP contribution is -2.50. The Hall–Kier alpha value is -3.86. The van der Waals surface area contributed by atoms with Crippen LogP contribution in [0.2, 0.25) is 0 Å². The summed E-state index contributed by atoms with van der Waals surface area (Å²) in [6, 6.07) is 10.7. The van der Waals surface area contributed by atoms with Gasteiger partial charge < -0.3 is 20.5 Å². The number of aliphatic hydroxyl groups is 1. The van der Waals surface area contributed by atoms with Crippen LogP contribution >= 0.6 is 0 Å². The second-order valence-corrected chi connectivity index (χ2v) is 10.2. The normalized spacial score (nSPS) is 19.5. The SMILES string of the molecule is O=C1NCc2c(-c3cnc4cc(F)ccn34)ccc(Nc3ccc([C@@H]4CCOC4)c(CN4CC(O)C4)n3)c21. The molecule has 0 saturated carbocycles. The number of amides is 1. The minimum atomic E-state index is -0.347. The molecule has 3 aliphatic heterocycles. The number of benzene rings is 1. The summed E-state index contributed by atoms with van der Waals surface area (Å²) >= 11 is 0. The van der Waals surface area contributed by atoms with E-state index in [0.717, 1.165) is 35.5 Å². The Morgan fingerprint density at radius 1 is 1.21 bits per heavy atom. The number of nitrogens with one attached hydrogen (secondary N) is 2. The molecule has 0 spiro atoms. The van der Waals surface area contributed by atoms with Gasteiger partial charge in [-0.15, -0.1) is 0 Å². The average Bonchev–Trinajstić information content (AvgIpc) is 3.64. The molecule has 6 heterocycles. The van der Waals surface area contributed by atoms with E-state index in [0.29, 0.717) is 61.4 Å². The summed E-state index contributed by atoms with van der Waals surface area (Å²) in [5.41, 5.74) is 6.41. The van der Waals surface area contributed by atoms with Crippen molar-refractivity contribution in [2.45, 2.75) is 31.5 Å². The van der Waals surface area contributed by atoms with Crippen LogP contribution in [0.1, 0.15) is 39.5 Å². The van der Waals surface area contributed by atoms with Crippen LogP contribution in [0, 0.1) is 5.82 Å². The molecule has 2 fully saturated rings. The van der Waals surface area contributed by atoms with Crippen LogP contribution in [0.3, 0.4) is 0 Å². The van der Waals surface area contributed by atoms with Gasteiger partial charge in [-0.1, -0.05) is 12.1 Å². The molecule has 38 heavy (non-hydrogen) atoms. The number of halogens is 1. The molecule has 3 aliphatic rings. The lowest BCUT2D eigenvalue weighted by molar-refractivity contribution is -0.00373. The third-order valence-electron chi connectivity index (χ3n) is 7.67. The standard InChI is InChI=1S/C28H27FN6O3/c29-17-5-7-35-24(11-30-26(35)9-17)20-1-3-22(27-21(20)10-31-28(27)37)32-25-4-2-19(16-6-8-38-15-16)23(33-25)14-34-12-18(36)13-34/h1-5,7,9,11,16,18,36H,6,8,10,12-15H2,(H,31,37)(H,32,33)/t16-/m1/s1. The van der Waals surface area contributed by atoms with Crippen molar-refractivity contribution in [1.82, 2.24) is 24.6 Å². The summed E-state index contributed by atoms with van der Waals surface area (Å²) in [5.74, 6) is 0.466. The highest BCUT2D eigenvalue weighted by Crippen LogP contribution is 2.36. The lowest BCUT2D eigenvalue weighted by Gasteiger charge is -2.36. The summed E-state index contributed by atoms with van der Waals surface area (Å²) in [4.78, 5) is 24.4. The number of anilines is 2. The van der Waals surface area contributed by atoms with Gasteiger partial charge in [-0.2, -0.15) is 0 Å². The number of imidazole rings is 1. The van der Waals surface area contributed by atoms with Crippen LogP contribution < -0.4 is 10.6 Å². The summed E-state index contributed by atoms with van der Waals surface area (Å²) in [6.45, 7) is 3.78. The van der Waals surface area contributed by atoms with E-state index in [2.05, 4.69) is 26.6 Å². The average molecular weight is 515 g/mol. The molecule has 7 rings (SSSR count). The number of hydrogen-bond donors (Lipinski definition) is 3. The van der Waals surface area contributed by atoms with Gasteiger partial charge in [-0.05, 0) is 35.7 Å². The second-order valence-electron chi connectivity index (χ2n) is 10.2. The molecule has 10 heteroatoms. The molecule has 0 radical (unpaired) electrons. The summed E-state index contributed by atoms with van der Waals surface area (Å²) in [6.07, 6.45) is 4.04. The van der Waals surface area contributed by atoms with Gasteiger partial charge in [0.05, 0.1) is 41.5 Å². The highest BCUT2D eigenvalue weighted by Gasteiger charge is 2.30. The number of hydrogen-bond acceptors (Lipinski definition) is 7. The van der Waals surface area contributed by atoms with Gasteiger partial charge in [0.15, 0.2) is 0 Å². The van der Waals surface area contributed by atoms with Gasteiger partial charge in [0, 0.05) is 56.5 Å². The van der Waals surface area contributed by atoms with Crippen molar-refractivity contribution in [3.05, 3.63) is 77.0 Å². The Kier molecular flexibility index (Phi) is 5.61. The molecular formula is C28H27FN6O3. The van der Waals surface area contributed by atoms with Crippen molar-refractivity contribution in [2.75, 3.05) is 31.6 Å². The zero-order valence-electron chi connectivity index (χ0n) is 20.7. The number of β-amino-alcohol motifs (C(OH)–C–C–N with tert-alkyl or cyclic N) is 1. The zero-order chi connectivity index (χ0) is 25.8. The Balaban J connectivity index is 1.24. The maximum absolute atomic E-state index is 13.7. The number of likely N-dealkylation sites (tertiary alicyclic amines) is 1. The fraction of sp³-hybridized carbons (Fsp3) is 0.321. The van der Waals surface area contributed by atoms with E-state index < -0.39 is 0 Å². The van der Waals surface area contributed by atoms with Gasteiger partial charge in [0.1, 0.15) is 17.3 Å². The number of ether oxygens (including phenoxy) is 1. The van der Waals surface area contributed by atoms with E-state index in [1.807, 2.05) is 22.6 Å². The van der Waals surface area contributed by atoms with Gasteiger partial charge in [0.2, 0.25) is 0 Å². The van der Waals surface area contributed by atoms with Crippen molar-refractivity contribution in [3.63, 3.8) is 0 Å². The van der Waals surface area contributed by atoms with Crippen LogP contribution in [0.4, 0.5) is 15.9 Å². The van der Waals surface area contributed by atoms with Crippen molar-refractivity contribution in [3.8, 4) is 11.3 Å². The van der Waals surface area contributed by atoms with Crippen molar-refractivity contribution < 1.29 is 19.0 Å². The molecule has 3 N–H and O–H groups in total. The van der Waals surface area contributed by atoms with Gasteiger partial charge in [-0.3, -0.25) is 14.1 Å². The van der Waals surface area contributed by atoms with Crippen LogP contribution in [-0.2, 0) is 17.8 Å². The van der Waals surface area contributed by atoms with E-state index >= 15 is 0 Å². The number of pyridine rings is 2. The third-order valence-corrected chi connectivity index (χ3v) is 7.67. The van der Waals surface area contributed by atoms with Crippen LogP contribution in [-0.4, -0.2) is 62.7 Å². The Labute approximate surface area is 218 Å². The molecule has 2 saturated heterocycles. The van der Waals surface area contributed by atoms with Crippen LogP contribution in [0.25, 0.3) is 16.9 Å². The van der Waals surface area contributed by atoms with E-state index in [1.165, 1.54) is 17.7 Å². The minimum absolute atomic E-state index is 0.154. The molecule has 0 bridgehead atoms.